The van der Waals surface area contributed by atoms with Gasteiger partial charge in [-0.3, -0.25) is 4.90 Å². The molecule has 0 aromatic heterocycles. The second-order valence-electron chi connectivity index (χ2n) is 4.40. The van der Waals surface area contributed by atoms with Crippen LogP contribution < -0.4 is 0 Å². The molecule has 0 unspecified atom stereocenters. The van der Waals surface area contributed by atoms with Gasteiger partial charge in [0.05, 0.1) is 0 Å². The van der Waals surface area contributed by atoms with Gasteiger partial charge in [0.1, 0.15) is 0 Å². The van der Waals surface area contributed by atoms with Gasteiger partial charge in [0.2, 0.25) is 0 Å². The van der Waals surface area contributed by atoms with E-state index < -0.39 is 0 Å². The Hall–Kier alpha value is 0.140. The smallest absolute Gasteiger partial charge is 0.0234 e. The van der Waals surface area contributed by atoms with Crippen LogP contribution in [0.2, 0.25) is 0 Å². The van der Waals surface area contributed by atoms with Crippen LogP contribution in [0.4, 0.5) is 0 Å². The first-order chi connectivity index (χ1) is 7.28. The Labute approximate surface area is 108 Å². The number of benzene rings is 1. The lowest BCUT2D eigenvalue weighted by molar-refractivity contribution is 0.0338. The third-order valence-electron chi connectivity index (χ3n) is 2.93. The van der Waals surface area contributed by atoms with Crippen LogP contribution in [-0.2, 0) is 6.54 Å². The molecule has 0 spiro atoms. The van der Waals surface area contributed by atoms with E-state index in [-0.39, 0.29) is 0 Å². The van der Waals surface area contributed by atoms with Crippen molar-refractivity contribution >= 4 is 31.9 Å². The van der Waals surface area contributed by atoms with E-state index in [1.54, 1.807) is 0 Å². The summed E-state index contributed by atoms with van der Waals surface area (Å²) in [4.78, 5) is 2.50. The molecule has 0 atom stereocenters. The van der Waals surface area contributed by atoms with E-state index in [0.29, 0.717) is 5.41 Å². The van der Waals surface area contributed by atoms with Gasteiger partial charge in [0.15, 0.2) is 0 Å². The number of rotatable bonds is 4. The van der Waals surface area contributed by atoms with Crippen molar-refractivity contribution in [2.75, 3.05) is 23.7 Å². The molecule has 0 N–H and O–H groups in total. The molecule has 0 aliphatic carbocycles. The first kappa shape index (κ1) is 11.6. The van der Waals surface area contributed by atoms with E-state index in [2.05, 4.69) is 67.1 Å². The highest BCUT2D eigenvalue weighted by molar-refractivity contribution is 9.09. The number of hydrogen-bond donors (Lipinski definition) is 0. The predicted octanol–water partition coefficient (Wildman–Crippen LogP) is 3.28. The molecule has 0 amide bonds. The maximum absolute atomic E-state index is 3.60. The van der Waals surface area contributed by atoms with Crippen LogP contribution in [0.25, 0.3) is 0 Å². The van der Waals surface area contributed by atoms with Gasteiger partial charge in [0, 0.05) is 35.7 Å². The molecule has 1 fully saturated rings. The molecule has 0 bridgehead atoms. The van der Waals surface area contributed by atoms with Crippen LogP contribution in [-0.4, -0.2) is 28.6 Å². The zero-order valence-electron chi connectivity index (χ0n) is 8.63. The minimum absolute atomic E-state index is 0.467. The Balaban J connectivity index is 1.86. The summed E-state index contributed by atoms with van der Waals surface area (Å²) >= 11 is 7.20. The topological polar surface area (TPSA) is 3.24 Å². The third kappa shape index (κ3) is 2.63. The quantitative estimate of drug-likeness (QED) is 0.765. The second-order valence-corrected chi connectivity index (χ2v) is 5.52. The summed E-state index contributed by atoms with van der Waals surface area (Å²) in [6, 6.07) is 10.7. The lowest BCUT2D eigenvalue weighted by atomic mass is 9.84. The van der Waals surface area contributed by atoms with Gasteiger partial charge in [-0.2, -0.15) is 0 Å². The molecule has 2 rings (SSSR count). The molecule has 1 saturated heterocycles. The van der Waals surface area contributed by atoms with Crippen LogP contribution in [0.15, 0.2) is 30.3 Å². The average Bonchev–Trinajstić information content (AvgIpc) is 2.24. The van der Waals surface area contributed by atoms with Crippen LogP contribution >= 0.6 is 31.9 Å². The molecule has 82 valence electrons. The Morgan fingerprint density at radius 1 is 1.07 bits per heavy atom. The highest BCUT2D eigenvalue weighted by Crippen LogP contribution is 2.35. The van der Waals surface area contributed by atoms with Gasteiger partial charge in [0.25, 0.3) is 0 Å². The van der Waals surface area contributed by atoms with Crippen molar-refractivity contribution in [1.29, 1.82) is 0 Å². The SMILES string of the molecule is BrCC1(CBr)CN(Cc2ccccc2)C1. The molecule has 15 heavy (non-hydrogen) atoms. The van der Waals surface area contributed by atoms with Crippen molar-refractivity contribution in [3.8, 4) is 0 Å². The van der Waals surface area contributed by atoms with Crippen molar-refractivity contribution < 1.29 is 0 Å². The fraction of sp³-hybridized carbons (Fsp3) is 0.500. The number of likely N-dealkylation sites (tertiary alicyclic amines) is 1. The summed E-state index contributed by atoms with van der Waals surface area (Å²) in [5.41, 5.74) is 1.88. The minimum Gasteiger partial charge on any atom is -0.298 e. The highest BCUT2D eigenvalue weighted by Gasteiger charge is 2.40. The van der Waals surface area contributed by atoms with E-state index in [4.69, 9.17) is 0 Å². The summed E-state index contributed by atoms with van der Waals surface area (Å²) < 4.78 is 0. The van der Waals surface area contributed by atoms with Crippen molar-refractivity contribution in [1.82, 2.24) is 4.90 Å². The third-order valence-corrected chi connectivity index (χ3v) is 5.31. The summed E-state index contributed by atoms with van der Waals surface area (Å²) in [5.74, 6) is 0. The van der Waals surface area contributed by atoms with E-state index in [0.717, 1.165) is 17.2 Å². The molecule has 1 aromatic carbocycles. The predicted molar refractivity (Wildman–Crippen MR) is 71.7 cm³/mol. The summed E-state index contributed by atoms with van der Waals surface area (Å²) in [6.07, 6.45) is 0. The standard InChI is InChI=1S/C12H15Br2N/c13-7-12(8-14)9-15(10-12)6-11-4-2-1-3-5-11/h1-5H,6-10H2. The van der Waals surface area contributed by atoms with Gasteiger partial charge in [-0.15, -0.1) is 0 Å². The first-order valence-corrected chi connectivity index (χ1v) is 7.40. The minimum atomic E-state index is 0.467. The molecular formula is C12H15Br2N. The molecule has 1 aromatic rings. The Morgan fingerprint density at radius 3 is 2.20 bits per heavy atom. The lowest BCUT2D eigenvalue weighted by Crippen LogP contribution is -2.57. The lowest BCUT2D eigenvalue weighted by Gasteiger charge is -2.48. The van der Waals surface area contributed by atoms with Crippen molar-refractivity contribution in [3.05, 3.63) is 35.9 Å². The van der Waals surface area contributed by atoms with Gasteiger partial charge < -0.3 is 0 Å². The maximum atomic E-state index is 3.60. The molecule has 0 radical (unpaired) electrons. The Morgan fingerprint density at radius 2 is 1.67 bits per heavy atom. The number of hydrogen-bond acceptors (Lipinski definition) is 1. The van der Waals surface area contributed by atoms with Crippen LogP contribution in [0.5, 0.6) is 0 Å². The molecule has 1 aliphatic heterocycles. The fourth-order valence-electron chi connectivity index (χ4n) is 2.06. The van der Waals surface area contributed by atoms with E-state index in [1.807, 2.05) is 0 Å². The summed E-state index contributed by atoms with van der Waals surface area (Å²) in [7, 11) is 0. The van der Waals surface area contributed by atoms with E-state index in [9.17, 15) is 0 Å². The number of halogens is 2. The second kappa shape index (κ2) is 4.98. The van der Waals surface area contributed by atoms with Crippen molar-refractivity contribution in [2.45, 2.75) is 6.54 Å². The van der Waals surface area contributed by atoms with Gasteiger partial charge in [-0.05, 0) is 5.56 Å². The normalized spacial score (nSPS) is 19.9. The fourth-order valence-corrected chi connectivity index (χ4v) is 3.70. The first-order valence-electron chi connectivity index (χ1n) is 5.16. The molecule has 1 nitrogen and oxygen atoms in total. The van der Waals surface area contributed by atoms with E-state index >= 15 is 0 Å². The maximum Gasteiger partial charge on any atom is 0.0234 e. The largest absolute Gasteiger partial charge is 0.298 e. The zero-order chi connectivity index (χ0) is 10.7. The van der Waals surface area contributed by atoms with Gasteiger partial charge in [-0.1, -0.05) is 62.2 Å². The summed E-state index contributed by atoms with van der Waals surface area (Å²) in [6.45, 7) is 3.47. The highest BCUT2D eigenvalue weighted by atomic mass is 79.9. The molecule has 0 saturated carbocycles. The number of nitrogens with zero attached hydrogens (tertiary/aromatic N) is 1. The van der Waals surface area contributed by atoms with Crippen LogP contribution in [0.1, 0.15) is 5.56 Å². The van der Waals surface area contributed by atoms with E-state index in [1.165, 1.54) is 18.7 Å². The molecule has 3 heteroatoms. The molecular weight excluding hydrogens is 318 g/mol. The van der Waals surface area contributed by atoms with Gasteiger partial charge >= 0.3 is 0 Å². The Kier molecular flexibility index (Phi) is 3.86. The number of alkyl halides is 2. The van der Waals surface area contributed by atoms with Gasteiger partial charge in [-0.25, -0.2) is 0 Å². The van der Waals surface area contributed by atoms with Crippen LogP contribution in [0, 0.1) is 5.41 Å². The van der Waals surface area contributed by atoms with Crippen LogP contribution in [0.3, 0.4) is 0 Å². The average molecular weight is 333 g/mol. The molecule has 1 heterocycles. The monoisotopic (exact) mass is 331 g/mol. The van der Waals surface area contributed by atoms with Crippen molar-refractivity contribution in [3.63, 3.8) is 0 Å². The molecule has 1 aliphatic rings. The Bertz CT molecular complexity index is 301. The summed E-state index contributed by atoms with van der Waals surface area (Å²) in [5, 5.41) is 2.19. The van der Waals surface area contributed by atoms with Crippen molar-refractivity contribution in [2.24, 2.45) is 5.41 Å². The zero-order valence-corrected chi connectivity index (χ0v) is 11.8.